The van der Waals surface area contributed by atoms with Gasteiger partial charge in [-0.2, -0.15) is 0 Å². The van der Waals surface area contributed by atoms with Crippen LogP contribution in [0, 0.1) is 6.92 Å². The van der Waals surface area contributed by atoms with Crippen molar-refractivity contribution in [1.29, 1.82) is 0 Å². The van der Waals surface area contributed by atoms with E-state index in [9.17, 15) is 13.2 Å². The van der Waals surface area contributed by atoms with Gasteiger partial charge < -0.3 is 28.6 Å². The number of nitrogens with zero attached hydrogens (tertiary/aromatic N) is 1. The van der Waals surface area contributed by atoms with Crippen LogP contribution in [0.3, 0.4) is 0 Å². The van der Waals surface area contributed by atoms with Gasteiger partial charge in [-0.3, -0.25) is 4.79 Å². The summed E-state index contributed by atoms with van der Waals surface area (Å²) in [6.07, 6.45) is 0. The van der Waals surface area contributed by atoms with Crippen molar-refractivity contribution in [3.05, 3.63) is 29.8 Å². The average Bonchev–Trinajstić information content (AvgIpc) is 2.78. The minimum atomic E-state index is -3.78. The molecule has 0 spiro atoms. The van der Waals surface area contributed by atoms with Crippen LogP contribution in [-0.2, 0) is 38.5 Å². The zero-order valence-corrected chi connectivity index (χ0v) is 19.4. The molecule has 0 saturated carbocycles. The van der Waals surface area contributed by atoms with E-state index in [0.29, 0.717) is 79.2 Å². The molecule has 1 aliphatic rings. The summed E-state index contributed by atoms with van der Waals surface area (Å²) in [5, 5.41) is 0. The number of nitrogens with one attached hydrogen (secondary N) is 1. The lowest BCUT2D eigenvalue weighted by molar-refractivity contribution is -0.131. The van der Waals surface area contributed by atoms with Crippen molar-refractivity contribution in [2.45, 2.75) is 11.8 Å². The van der Waals surface area contributed by atoms with Crippen molar-refractivity contribution < 1.29 is 36.9 Å². The van der Waals surface area contributed by atoms with Crippen LogP contribution in [-0.4, -0.2) is 105 Å². The second kappa shape index (κ2) is 15.3. The highest BCUT2D eigenvalue weighted by Crippen LogP contribution is 2.09. The quantitative estimate of drug-likeness (QED) is 0.659. The third-order valence-corrected chi connectivity index (χ3v) is 6.01. The predicted octanol–water partition coefficient (Wildman–Crippen LogP) is 0.199. The maximum atomic E-state index is 12.7. The molecule has 1 heterocycles. The Labute approximate surface area is 190 Å². The zero-order chi connectivity index (χ0) is 23.1. The lowest BCUT2D eigenvalue weighted by Crippen LogP contribution is -2.43. The molecule has 0 bridgehead atoms. The molecule has 2 rings (SSSR count). The number of carbonyl (C=O) groups excluding carboxylic acids is 1. The van der Waals surface area contributed by atoms with Gasteiger partial charge in [0.25, 0.3) is 0 Å². The largest absolute Gasteiger partial charge is 0.377 e. The minimum Gasteiger partial charge on any atom is -0.377 e. The molecular weight excluding hydrogens is 440 g/mol. The monoisotopic (exact) mass is 474 g/mol. The normalized spacial score (nSPS) is 19.1. The van der Waals surface area contributed by atoms with Crippen LogP contribution in [0.1, 0.15) is 5.56 Å². The molecule has 0 radical (unpaired) electrons. The lowest BCUT2D eigenvalue weighted by atomic mass is 10.2. The summed E-state index contributed by atoms with van der Waals surface area (Å²) in [5.74, 6) is -0.355. The van der Waals surface area contributed by atoms with Crippen LogP contribution in [0.15, 0.2) is 29.2 Å². The van der Waals surface area contributed by atoms with Crippen molar-refractivity contribution >= 4 is 15.9 Å². The Morgan fingerprint density at radius 1 is 0.781 bits per heavy atom. The Bertz CT molecular complexity index is 740. The summed E-state index contributed by atoms with van der Waals surface area (Å²) >= 11 is 0. The summed E-state index contributed by atoms with van der Waals surface area (Å²) in [6.45, 7) is 6.31. The van der Waals surface area contributed by atoms with Crippen LogP contribution < -0.4 is 4.72 Å². The van der Waals surface area contributed by atoms with Crippen molar-refractivity contribution in [1.82, 2.24) is 9.62 Å². The van der Waals surface area contributed by atoms with E-state index in [-0.39, 0.29) is 17.3 Å². The molecule has 10 nitrogen and oxygen atoms in total. The third kappa shape index (κ3) is 10.8. The van der Waals surface area contributed by atoms with Crippen molar-refractivity contribution in [3.8, 4) is 0 Å². The average molecular weight is 475 g/mol. The van der Waals surface area contributed by atoms with Crippen LogP contribution in [0.4, 0.5) is 0 Å². The molecule has 0 atom stereocenters. The van der Waals surface area contributed by atoms with E-state index in [4.69, 9.17) is 23.7 Å². The fourth-order valence-corrected chi connectivity index (χ4v) is 3.74. The molecule has 0 aromatic heterocycles. The zero-order valence-electron chi connectivity index (χ0n) is 18.6. The molecule has 182 valence electrons. The standard InChI is InChI=1S/C21H34N2O8S/c1-19-2-4-20(5-3-19)32(25,26)22-18-21(24)23-6-8-27-10-12-29-14-16-31-17-15-30-13-11-28-9-7-23/h2-5,22H,6-18H2,1H3. The van der Waals surface area contributed by atoms with Crippen LogP contribution in [0.25, 0.3) is 0 Å². The van der Waals surface area contributed by atoms with E-state index >= 15 is 0 Å². The molecule has 0 aliphatic carbocycles. The lowest BCUT2D eigenvalue weighted by Gasteiger charge is -2.23. The van der Waals surface area contributed by atoms with E-state index in [1.807, 2.05) is 6.92 Å². The first-order chi connectivity index (χ1) is 15.5. The number of carbonyl (C=O) groups is 1. The van der Waals surface area contributed by atoms with Crippen molar-refractivity contribution in [2.24, 2.45) is 0 Å². The molecule has 1 saturated heterocycles. The van der Waals surface area contributed by atoms with E-state index in [0.717, 1.165) is 5.56 Å². The number of hydrogen-bond donors (Lipinski definition) is 1. The molecule has 1 aromatic rings. The molecule has 11 heteroatoms. The number of sulfonamides is 1. The summed E-state index contributed by atoms with van der Waals surface area (Å²) in [6, 6.07) is 6.44. The van der Waals surface area contributed by atoms with Crippen molar-refractivity contribution in [3.63, 3.8) is 0 Å². The van der Waals surface area contributed by atoms with Gasteiger partial charge in [0.05, 0.1) is 77.5 Å². The highest BCUT2D eigenvalue weighted by atomic mass is 32.2. The highest BCUT2D eigenvalue weighted by molar-refractivity contribution is 7.89. The van der Waals surface area contributed by atoms with Gasteiger partial charge in [-0.1, -0.05) is 17.7 Å². The van der Waals surface area contributed by atoms with Gasteiger partial charge in [0.15, 0.2) is 0 Å². The Morgan fingerprint density at radius 3 is 1.62 bits per heavy atom. The van der Waals surface area contributed by atoms with Gasteiger partial charge in [-0.25, -0.2) is 13.1 Å². The fourth-order valence-electron chi connectivity index (χ4n) is 2.76. The topological polar surface area (TPSA) is 113 Å². The van der Waals surface area contributed by atoms with Crippen molar-refractivity contribution in [2.75, 3.05) is 85.7 Å². The summed E-state index contributed by atoms with van der Waals surface area (Å²) in [7, 11) is -3.78. The van der Waals surface area contributed by atoms with Crippen LogP contribution >= 0.6 is 0 Å². The Kier molecular flexibility index (Phi) is 12.7. The number of benzene rings is 1. The second-order valence-electron chi connectivity index (χ2n) is 7.08. The molecule has 1 aromatic carbocycles. The van der Waals surface area contributed by atoms with E-state index < -0.39 is 10.0 Å². The first-order valence-corrected chi connectivity index (χ1v) is 12.2. The molecule has 1 N–H and O–H groups in total. The molecular formula is C21H34N2O8S. The molecule has 1 amide bonds. The molecule has 32 heavy (non-hydrogen) atoms. The molecule has 0 unspecified atom stereocenters. The number of amides is 1. The van der Waals surface area contributed by atoms with Gasteiger partial charge in [-0.05, 0) is 19.1 Å². The van der Waals surface area contributed by atoms with Gasteiger partial charge in [0.2, 0.25) is 15.9 Å². The number of ether oxygens (including phenoxy) is 5. The van der Waals surface area contributed by atoms with Gasteiger partial charge >= 0.3 is 0 Å². The van der Waals surface area contributed by atoms with Crippen LogP contribution in [0.5, 0.6) is 0 Å². The number of aryl methyl sites for hydroxylation is 1. The second-order valence-corrected chi connectivity index (χ2v) is 8.85. The highest BCUT2D eigenvalue weighted by Gasteiger charge is 2.19. The first kappa shape index (κ1) is 26.7. The Balaban J connectivity index is 1.85. The van der Waals surface area contributed by atoms with Gasteiger partial charge in [-0.15, -0.1) is 0 Å². The van der Waals surface area contributed by atoms with E-state index in [1.54, 1.807) is 12.1 Å². The Morgan fingerprint density at radius 2 is 1.19 bits per heavy atom. The minimum absolute atomic E-state index is 0.118. The summed E-state index contributed by atoms with van der Waals surface area (Å²) in [4.78, 5) is 14.3. The maximum Gasteiger partial charge on any atom is 0.241 e. The molecule has 1 fully saturated rings. The summed E-state index contributed by atoms with van der Waals surface area (Å²) in [5.41, 5.74) is 0.951. The summed E-state index contributed by atoms with van der Waals surface area (Å²) < 4.78 is 54.5. The Hall–Kier alpha value is -1.60. The first-order valence-electron chi connectivity index (χ1n) is 10.7. The van der Waals surface area contributed by atoms with Crippen LogP contribution in [0.2, 0.25) is 0 Å². The maximum absolute atomic E-state index is 12.7. The van der Waals surface area contributed by atoms with Gasteiger partial charge in [0, 0.05) is 13.1 Å². The number of rotatable bonds is 4. The van der Waals surface area contributed by atoms with E-state index in [1.165, 1.54) is 17.0 Å². The number of hydrogen-bond acceptors (Lipinski definition) is 8. The predicted molar refractivity (Wildman–Crippen MR) is 117 cm³/mol. The van der Waals surface area contributed by atoms with E-state index in [2.05, 4.69) is 4.72 Å². The third-order valence-electron chi connectivity index (χ3n) is 4.60. The SMILES string of the molecule is Cc1ccc(S(=O)(=O)NCC(=O)N2CCOCCOCCOCCOCCOCC2)cc1. The smallest absolute Gasteiger partial charge is 0.241 e. The molecule has 1 aliphatic heterocycles. The fraction of sp³-hybridized carbons (Fsp3) is 0.667. The van der Waals surface area contributed by atoms with Gasteiger partial charge in [0.1, 0.15) is 0 Å².